The Balaban J connectivity index is 0.00000144. The fourth-order valence-electron chi connectivity index (χ4n) is 1.47. The Labute approximate surface area is 107 Å². The number of hydrogen-bond donors (Lipinski definition) is 0. The number of halogens is 1. The van der Waals surface area contributed by atoms with E-state index >= 15 is 0 Å². The molecule has 1 heterocycles. The van der Waals surface area contributed by atoms with Gasteiger partial charge in [-0.1, -0.05) is 18.2 Å². The molecule has 4 nitrogen and oxygen atoms in total. The summed E-state index contributed by atoms with van der Waals surface area (Å²) in [4.78, 5) is 15.5. The minimum atomic E-state index is -0.288. The maximum absolute atomic E-state index is 11.6. The molecule has 0 bridgehead atoms. The zero-order valence-electron chi connectivity index (χ0n) is 9.57. The van der Waals surface area contributed by atoms with Crippen molar-refractivity contribution < 1.29 is 9.53 Å². The number of benzene rings is 1. The molecule has 5 heteroatoms. The van der Waals surface area contributed by atoms with Crippen molar-refractivity contribution >= 4 is 18.4 Å². The molecule has 0 aromatic heterocycles. The lowest BCUT2D eigenvalue weighted by Crippen LogP contribution is -2.26. The van der Waals surface area contributed by atoms with Crippen molar-refractivity contribution in [2.75, 3.05) is 20.4 Å². The highest BCUT2D eigenvalue weighted by atomic mass is 35.5. The second kappa shape index (κ2) is 6.15. The average molecular weight is 255 g/mol. The molecule has 1 aliphatic heterocycles. The largest absolute Gasteiger partial charge is 0.441 e. The van der Waals surface area contributed by atoms with E-state index in [0.717, 1.165) is 6.67 Å². The molecule has 0 spiro atoms. The molecule has 0 atom stereocenters. The van der Waals surface area contributed by atoms with Gasteiger partial charge < -0.3 is 14.5 Å². The third-order valence-corrected chi connectivity index (χ3v) is 2.31. The van der Waals surface area contributed by atoms with Crippen LogP contribution >= 0.6 is 12.4 Å². The van der Waals surface area contributed by atoms with E-state index < -0.39 is 0 Å². The van der Waals surface area contributed by atoms with E-state index in [9.17, 15) is 4.79 Å². The second-order valence-corrected chi connectivity index (χ2v) is 3.71. The Hall–Kier alpha value is -1.68. The molecule has 0 aliphatic carbocycles. The number of rotatable bonds is 3. The summed E-state index contributed by atoms with van der Waals surface area (Å²) in [7, 11) is 1.97. The normalized spacial score (nSPS) is 13.5. The first-order valence-corrected chi connectivity index (χ1v) is 5.10. The van der Waals surface area contributed by atoms with E-state index in [-0.39, 0.29) is 25.1 Å². The topological polar surface area (TPSA) is 32.8 Å². The van der Waals surface area contributed by atoms with Gasteiger partial charge in [-0.2, -0.15) is 0 Å². The Morgan fingerprint density at radius 3 is 2.59 bits per heavy atom. The first-order valence-electron chi connectivity index (χ1n) is 5.10. The standard InChI is InChI=1S/C12H14N2O2.ClH/c1-13-7-8-14(9-13)10-16-12(15)11-5-3-2-4-6-11;/h2-8H,9-10H2,1H3;1H. The van der Waals surface area contributed by atoms with Gasteiger partial charge in [0.25, 0.3) is 0 Å². The van der Waals surface area contributed by atoms with E-state index in [4.69, 9.17) is 4.74 Å². The third-order valence-electron chi connectivity index (χ3n) is 2.31. The van der Waals surface area contributed by atoms with Crippen LogP contribution in [0.5, 0.6) is 0 Å². The quantitative estimate of drug-likeness (QED) is 0.772. The molecule has 0 unspecified atom stereocenters. The van der Waals surface area contributed by atoms with Gasteiger partial charge in [0.15, 0.2) is 6.73 Å². The van der Waals surface area contributed by atoms with Crippen LogP contribution in [0.25, 0.3) is 0 Å². The first kappa shape index (κ1) is 13.4. The van der Waals surface area contributed by atoms with Crippen molar-refractivity contribution in [3.63, 3.8) is 0 Å². The molecule has 1 aliphatic rings. The molecule has 17 heavy (non-hydrogen) atoms. The summed E-state index contributed by atoms with van der Waals surface area (Å²) in [5.41, 5.74) is 0.582. The summed E-state index contributed by atoms with van der Waals surface area (Å²) in [5, 5.41) is 0. The van der Waals surface area contributed by atoms with Crippen molar-refractivity contribution in [3.8, 4) is 0 Å². The van der Waals surface area contributed by atoms with Gasteiger partial charge in [0.1, 0.15) is 0 Å². The molecule has 0 fully saturated rings. The fourth-order valence-corrected chi connectivity index (χ4v) is 1.47. The summed E-state index contributed by atoms with van der Waals surface area (Å²) >= 11 is 0. The van der Waals surface area contributed by atoms with Crippen LogP contribution in [0, 0.1) is 0 Å². The molecule has 0 saturated carbocycles. The van der Waals surface area contributed by atoms with E-state index in [0.29, 0.717) is 5.56 Å². The van der Waals surface area contributed by atoms with E-state index in [1.165, 1.54) is 0 Å². The van der Waals surface area contributed by atoms with Crippen LogP contribution in [0.15, 0.2) is 42.7 Å². The van der Waals surface area contributed by atoms with E-state index in [1.54, 1.807) is 12.1 Å². The summed E-state index contributed by atoms with van der Waals surface area (Å²) in [5.74, 6) is -0.288. The fraction of sp³-hybridized carbons (Fsp3) is 0.250. The third kappa shape index (κ3) is 3.67. The summed E-state index contributed by atoms with van der Waals surface area (Å²) in [6.45, 7) is 1.04. The average Bonchev–Trinajstić information content (AvgIpc) is 2.73. The van der Waals surface area contributed by atoms with Crippen molar-refractivity contribution in [1.29, 1.82) is 0 Å². The Kier molecular flexibility index (Phi) is 4.84. The lowest BCUT2D eigenvalue weighted by atomic mass is 10.2. The van der Waals surface area contributed by atoms with Gasteiger partial charge in [-0.15, -0.1) is 12.4 Å². The summed E-state index contributed by atoms with van der Waals surface area (Å²) < 4.78 is 5.17. The van der Waals surface area contributed by atoms with Crippen LogP contribution in [0.4, 0.5) is 0 Å². The molecular weight excluding hydrogens is 240 g/mol. The number of esters is 1. The maximum atomic E-state index is 11.6. The number of nitrogens with zero attached hydrogens (tertiary/aromatic N) is 2. The molecule has 0 radical (unpaired) electrons. The zero-order chi connectivity index (χ0) is 11.4. The van der Waals surface area contributed by atoms with Crippen LogP contribution in [-0.2, 0) is 4.74 Å². The van der Waals surface area contributed by atoms with Crippen LogP contribution in [0.2, 0.25) is 0 Å². The van der Waals surface area contributed by atoms with Gasteiger partial charge in [-0.05, 0) is 12.1 Å². The second-order valence-electron chi connectivity index (χ2n) is 3.71. The first-order chi connectivity index (χ1) is 7.75. The van der Waals surface area contributed by atoms with Crippen LogP contribution in [-0.4, -0.2) is 36.2 Å². The van der Waals surface area contributed by atoms with Crippen molar-refractivity contribution in [1.82, 2.24) is 9.80 Å². The van der Waals surface area contributed by atoms with Gasteiger partial charge in [0.2, 0.25) is 0 Å². The number of carbonyl (C=O) groups excluding carboxylic acids is 1. The molecule has 0 N–H and O–H groups in total. The minimum absolute atomic E-state index is 0. The highest BCUT2D eigenvalue weighted by Crippen LogP contribution is 2.05. The predicted molar refractivity (Wildman–Crippen MR) is 67.6 cm³/mol. The molecule has 2 rings (SSSR count). The SMILES string of the molecule is CN1C=CN(COC(=O)c2ccccc2)C1.Cl. The Morgan fingerprint density at radius 2 is 2.00 bits per heavy atom. The molecule has 92 valence electrons. The molecule has 1 aromatic rings. The summed E-state index contributed by atoms with van der Waals surface area (Å²) in [6, 6.07) is 9.00. The van der Waals surface area contributed by atoms with Crippen LogP contribution < -0.4 is 0 Å². The number of carbonyl (C=O) groups is 1. The van der Waals surface area contributed by atoms with Crippen LogP contribution in [0.3, 0.4) is 0 Å². The van der Waals surface area contributed by atoms with Crippen molar-refractivity contribution in [2.45, 2.75) is 0 Å². The van der Waals surface area contributed by atoms with E-state index in [1.807, 2.05) is 47.4 Å². The van der Waals surface area contributed by atoms with Crippen molar-refractivity contribution in [2.24, 2.45) is 0 Å². The highest BCUT2D eigenvalue weighted by Gasteiger charge is 2.11. The smallest absolute Gasteiger partial charge is 0.339 e. The molecule has 0 amide bonds. The van der Waals surface area contributed by atoms with Gasteiger partial charge >= 0.3 is 5.97 Å². The zero-order valence-corrected chi connectivity index (χ0v) is 10.4. The molecule has 0 saturated heterocycles. The lowest BCUT2D eigenvalue weighted by Gasteiger charge is -2.17. The van der Waals surface area contributed by atoms with Gasteiger partial charge in [0, 0.05) is 19.4 Å². The van der Waals surface area contributed by atoms with Gasteiger partial charge in [0.05, 0.1) is 12.2 Å². The lowest BCUT2D eigenvalue weighted by molar-refractivity contribution is 0.0291. The number of hydrogen-bond acceptors (Lipinski definition) is 4. The number of ether oxygens (including phenoxy) is 1. The predicted octanol–water partition coefficient (Wildman–Crippen LogP) is 1.90. The van der Waals surface area contributed by atoms with Crippen molar-refractivity contribution in [3.05, 3.63) is 48.3 Å². The molecule has 1 aromatic carbocycles. The highest BCUT2D eigenvalue weighted by molar-refractivity contribution is 5.89. The van der Waals surface area contributed by atoms with Crippen LogP contribution in [0.1, 0.15) is 10.4 Å². The maximum Gasteiger partial charge on any atom is 0.339 e. The minimum Gasteiger partial charge on any atom is -0.441 e. The van der Waals surface area contributed by atoms with E-state index in [2.05, 4.69) is 0 Å². The summed E-state index contributed by atoms with van der Waals surface area (Å²) in [6.07, 6.45) is 3.84. The molecular formula is C12H15ClN2O2. The Bertz CT molecular complexity index is 395. The Morgan fingerprint density at radius 1 is 1.29 bits per heavy atom. The monoisotopic (exact) mass is 254 g/mol. The van der Waals surface area contributed by atoms with Gasteiger partial charge in [-0.25, -0.2) is 4.79 Å². The van der Waals surface area contributed by atoms with Gasteiger partial charge in [-0.3, -0.25) is 0 Å².